The molecule has 0 bridgehead atoms. The monoisotopic (exact) mass is 393 g/mol. The maximum atomic E-state index is 13.0. The Morgan fingerprint density at radius 2 is 1.97 bits per heavy atom. The molecule has 0 N–H and O–H groups in total. The zero-order chi connectivity index (χ0) is 20.1. The predicted octanol–water partition coefficient (Wildman–Crippen LogP) is 3.54. The molecule has 0 radical (unpaired) electrons. The summed E-state index contributed by atoms with van der Waals surface area (Å²) < 4.78 is 13.0. The summed E-state index contributed by atoms with van der Waals surface area (Å²) >= 11 is 0. The molecular formula is C23H27N3O3. The topological polar surface area (TPSA) is 56.6 Å². The summed E-state index contributed by atoms with van der Waals surface area (Å²) in [6, 6.07) is 12.1. The van der Waals surface area contributed by atoms with E-state index in [1.165, 1.54) is 5.56 Å². The van der Waals surface area contributed by atoms with Crippen LogP contribution in [0.3, 0.4) is 0 Å². The molecule has 2 aromatic heterocycles. The van der Waals surface area contributed by atoms with E-state index in [-0.39, 0.29) is 5.91 Å². The highest BCUT2D eigenvalue weighted by Crippen LogP contribution is 2.23. The third-order valence-corrected chi connectivity index (χ3v) is 5.45. The Morgan fingerprint density at radius 3 is 2.79 bits per heavy atom. The number of pyridine rings is 1. The number of fused-ring (bicyclic) bond motifs is 1. The normalized spacial score (nSPS) is 14.3. The summed E-state index contributed by atoms with van der Waals surface area (Å²) in [6.07, 6.45) is 6.76. The minimum Gasteiger partial charge on any atom is -0.496 e. The number of carbonyl (C=O) groups excluding carboxylic acids is 1. The quantitative estimate of drug-likeness (QED) is 0.576. The fraction of sp³-hybridized carbons (Fsp3) is 0.391. The minimum absolute atomic E-state index is 0.0461. The second-order valence-electron chi connectivity index (χ2n) is 7.28. The lowest BCUT2D eigenvalue weighted by Gasteiger charge is -2.26. The number of benzene rings is 1. The minimum atomic E-state index is 0.0461. The SMILES string of the molecule is COc1ccccc1CCCCn1cc(C(=O)N2CCOCC2)c2ncccc21. The van der Waals surface area contributed by atoms with Gasteiger partial charge in [-0.3, -0.25) is 9.78 Å². The number of carbonyl (C=O) groups is 1. The van der Waals surface area contributed by atoms with Crippen LogP contribution >= 0.6 is 0 Å². The largest absolute Gasteiger partial charge is 0.496 e. The van der Waals surface area contributed by atoms with E-state index in [0.717, 1.165) is 42.6 Å². The van der Waals surface area contributed by atoms with Crippen LogP contribution < -0.4 is 4.74 Å². The number of unbranched alkanes of at least 4 members (excludes halogenated alkanes) is 1. The number of methoxy groups -OCH3 is 1. The standard InChI is InChI=1S/C23H27N3O3/c1-28-21-10-3-2-7-18(21)8-4-5-12-26-17-19(22-20(26)9-6-11-24-22)23(27)25-13-15-29-16-14-25/h2-3,6-7,9-11,17H,4-5,8,12-16H2,1H3. The van der Waals surface area contributed by atoms with Crippen LogP contribution in [0.1, 0.15) is 28.8 Å². The summed E-state index contributed by atoms with van der Waals surface area (Å²) in [4.78, 5) is 19.4. The fourth-order valence-corrected chi connectivity index (χ4v) is 3.91. The Morgan fingerprint density at radius 1 is 1.14 bits per heavy atom. The lowest BCUT2D eigenvalue weighted by atomic mass is 10.1. The van der Waals surface area contributed by atoms with Crippen molar-refractivity contribution in [3.05, 3.63) is 59.9 Å². The number of aryl methyl sites for hydroxylation is 2. The Balaban J connectivity index is 1.45. The van der Waals surface area contributed by atoms with E-state index in [1.54, 1.807) is 13.3 Å². The molecule has 1 aliphatic rings. The van der Waals surface area contributed by atoms with Crippen LogP contribution in [0.2, 0.25) is 0 Å². The van der Waals surface area contributed by atoms with Gasteiger partial charge in [0.25, 0.3) is 5.91 Å². The smallest absolute Gasteiger partial charge is 0.257 e. The highest BCUT2D eigenvalue weighted by Gasteiger charge is 2.23. The highest BCUT2D eigenvalue weighted by molar-refractivity contribution is 6.05. The third kappa shape index (κ3) is 4.27. The zero-order valence-corrected chi connectivity index (χ0v) is 16.8. The predicted molar refractivity (Wildman–Crippen MR) is 112 cm³/mol. The molecule has 4 rings (SSSR count). The molecule has 3 heterocycles. The summed E-state index contributed by atoms with van der Waals surface area (Å²) in [5.41, 5.74) is 3.72. The maximum Gasteiger partial charge on any atom is 0.257 e. The number of hydrogen-bond acceptors (Lipinski definition) is 4. The van der Waals surface area contributed by atoms with Gasteiger partial charge in [-0.1, -0.05) is 18.2 Å². The van der Waals surface area contributed by atoms with Crippen LogP contribution in [0.15, 0.2) is 48.8 Å². The molecule has 29 heavy (non-hydrogen) atoms. The first-order chi connectivity index (χ1) is 14.3. The van der Waals surface area contributed by atoms with Gasteiger partial charge in [-0.15, -0.1) is 0 Å². The second-order valence-corrected chi connectivity index (χ2v) is 7.28. The van der Waals surface area contributed by atoms with Gasteiger partial charge < -0.3 is 18.9 Å². The molecule has 6 nitrogen and oxygen atoms in total. The summed E-state index contributed by atoms with van der Waals surface area (Å²) in [7, 11) is 1.71. The van der Waals surface area contributed by atoms with Gasteiger partial charge in [0, 0.05) is 32.0 Å². The Labute approximate surface area is 171 Å². The van der Waals surface area contributed by atoms with E-state index in [4.69, 9.17) is 9.47 Å². The number of ether oxygens (including phenoxy) is 2. The number of aromatic nitrogens is 2. The van der Waals surface area contributed by atoms with Crippen molar-refractivity contribution < 1.29 is 14.3 Å². The molecular weight excluding hydrogens is 366 g/mol. The number of para-hydroxylation sites is 1. The van der Waals surface area contributed by atoms with Crippen molar-refractivity contribution in [2.24, 2.45) is 0 Å². The van der Waals surface area contributed by atoms with Gasteiger partial charge in [-0.2, -0.15) is 0 Å². The van der Waals surface area contributed by atoms with Crippen molar-refractivity contribution in [3.8, 4) is 5.75 Å². The first-order valence-electron chi connectivity index (χ1n) is 10.2. The van der Waals surface area contributed by atoms with E-state index in [1.807, 2.05) is 41.4 Å². The molecule has 0 aliphatic carbocycles. The van der Waals surface area contributed by atoms with E-state index in [9.17, 15) is 4.79 Å². The molecule has 0 atom stereocenters. The number of rotatable bonds is 7. The molecule has 6 heteroatoms. The number of amides is 1. The van der Waals surface area contributed by atoms with Crippen LogP contribution in [0.5, 0.6) is 5.75 Å². The van der Waals surface area contributed by atoms with Crippen LogP contribution in [-0.4, -0.2) is 53.8 Å². The summed E-state index contributed by atoms with van der Waals surface area (Å²) in [6.45, 7) is 3.32. The fourth-order valence-electron chi connectivity index (χ4n) is 3.91. The van der Waals surface area contributed by atoms with Gasteiger partial charge in [0.05, 0.1) is 31.4 Å². The molecule has 3 aromatic rings. The zero-order valence-electron chi connectivity index (χ0n) is 16.8. The molecule has 1 aliphatic heterocycles. The van der Waals surface area contributed by atoms with Crippen LogP contribution in [0.4, 0.5) is 0 Å². The Kier molecular flexibility index (Phi) is 6.10. The van der Waals surface area contributed by atoms with Gasteiger partial charge in [-0.05, 0) is 43.0 Å². The van der Waals surface area contributed by atoms with Crippen molar-refractivity contribution in [2.75, 3.05) is 33.4 Å². The Hall–Kier alpha value is -2.86. The van der Waals surface area contributed by atoms with Gasteiger partial charge in [0.1, 0.15) is 11.3 Å². The molecule has 1 saturated heterocycles. The molecule has 152 valence electrons. The van der Waals surface area contributed by atoms with Crippen LogP contribution in [0.25, 0.3) is 11.0 Å². The maximum absolute atomic E-state index is 13.0. The first kappa shape index (κ1) is 19.5. The number of nitrogens with zero attached hydrogens (tertiary/aromatic N) is 3. The molecule has 0 saturated carbocycles. The molecule has 0 unspecified atom stereocenters. The van der Waals surface area contributed by atoms with Crippen molar-refractivity contribution in [1.82, 2.24) is 14.5 Å². The first-order valence-corrected chi connectivity index (χ1v) is 10.2. The van der Waals surface area contributed by atoms with E-state index in [2.05, 4.69) is 15.6 Å². The average Bonchev–Trinajstić information content (AvgIpc) is 3.16. The van der Waals surface area contributed by atoms with Gasteiger partial charge in [0.15, 0.2) is 0 Å². The Bertz CT molecular complexity index is 976. The summed E-state index contributed by atoms with van der Waals surface area (Å²) in [5, 5.41) is 0. The van der Waals surface area contributed by atoms with Crippen LogP contribution in [0, 0.1) is 0 Å². The van der Waals surface area contributed by atoms with Crippen molar-refractivity contribution >= 4 is 16.9 Å². The van der Waals surface area contributed by atoms with Gasteiger partial charge in [0.2, 0.25) is 0 Å². The number of morpholine rings is 1. The lowest BCUT2D eigenvalue weighted by Crippen LogP contribution is -2.40. The van der Waals surface area contributed by atoms with E-state index >= 15 is 0 Å². The van der Waals surface area contributed by atoms with Crippen molar-refractivity contribution in [2.45, 2.75) is 25.8 Å². The second kappa shape index (κ2) is 9.09. The van der Waals surface area contributed by atoms with Crippen molar-refractivity contribution in [1.29, 1.82) is 0 Å². The summed E-state index contributed by atoms with van der Waals surface area (Å²) in [5.74, 6) is 0.992. The average molecular weight is 393 g/mol. The third-order valence-electron chi connectivity index (χ3n) is 5.45. The number of hydrogen-bond donors (Lipinski definition) is 0. The van der Waals surface area contributed by atoms with Gasteiger partial charge >= 0.3 is 0 Å². The van der Waals surface area contributed by atoms with Crippen molar-refractivity contribution in [3.63, 3.8) is 0 Å². The molecule has 1 amide bonds. The molecule has 1 fully saturated rings. The lowest BCUT2D eigenvalue weighted by molar-refractivity contribution is 0.0304. The van der Waals surface area contributed by atoms with E-state index in [0.29, 0.717) is 31.9 Å². The van der Waals surface area contributed by atoms with Gasteiger partial charge in [-0.25, -0.2) is 0 Å². The molecule has 1 aromatic carbocycles. The highest BCUT2D eigenvalue weighted by atomic mass is 16.5. The van der Waals surface area contributed by atoms with Crippen LogP contribution in [-0.2, 0) is 17.7 Å². The molecule has 0 spiro atoms. The van der Waals surface area contributed by atoms with E-state index < -0.39 is 0 Å².